The molecule has 0 aliphatic rings. The van der Waals surface area contributed by atoms with Crippen molar-refractivity contribution in [1.82, 2.24) is 14.3 Å². The normalized spacial score (nSPS) is 14.1. The van der Waals surface area contributed by atoms with Gasteiger partial charge in [0.15, 0.2) is 5.03 Å². The molecule has 1 rings (SSSR count). The van der Waals surface area contributed by atoms with E-state index in [2.05, 4.69) is 9.71 Å². The van der Waals surface area contributed by atoms with Gasteiger partial charge in [0.1, 0.15) is 0 Å². The Balaban J connectivity index is 2.77. The van der Waals surface area contributed by atoms with E-state index >= 15 is 0 Å². The summed E-state index contributed by atoms with van der Waals surface area (Å²) in [5.74, 6) is 0. The number of aryl methyl sites for hydroxylation is 1. The van der Waals surface area contributed by atoms with E-state index in [-0.39, 0.29) is 16.9 Å². The van der Waals surface area contributed by atoms with Crippen LogP contribution in [0.25, 0.3) is 0 Å². The Morgan fingerprint density at radius 2 is 2.33 bits per heavy atom. The zero-order chi connectivity index (χ0) is 11.5. The lowest BCUT2D eigenvalue weighted by atomic mass is 10.5. The van der Waals surface area contributed by atoms with Gasteiger partial charge in [-0.1, -0.05) is 0 Å². The van der Waals surface area contributed by atoms with Crippen LogP contribution in [0, 0.1) is 0 Å². The summed E-state index contributed by atoms with van der Waals surface area (Å²) in [6, 6.07) is 0. The fraction of sp³-hybridized carbons (Fsp3) is 0.625. The van der Waals surface area contributed by atoms with Crippen molar-refractivity contribution in [2.75, 3.05) is 6.54 Å². The van der Waals surface area contributed by atoms with Gasteiger partial charge in [0.25, 0.3) is 10.0 Å². The minimum atomic E-state index is -3.51. The molecule has 86 valence electrons. The molecule has 0 saturated carbocycles. The Kier molecular flexibility index (Phi) is 4.12. The fourth-order valence-corrected chi connectivity index (χ4v) is 2.20. The van der Waals surface area contributed by atoms with E-state index in [0.29, 0.717) is 6.54 Å². The SMILES string of the molecule is CCn1cnc(S(=O)(=O)NCC(C)Cl)c1. The Labute approximate surface area is 94.5 Å². The van der Waals surface area contributed by atoms with Crippen molar-refractivity contribution in [2.45, 2.75) is 30.8 Å². The first-order valence-electron chi connectivity index (χ1n) is 4.61. The summed E-state index contributed by atoms with van der Waals surface area (Å²) in [5.41, 5.74) is 0. The minimum absolute atomic E-state index is 0.0293. The number of rotatable bonds is 5. The lowest BCUT2D eigenvalue weighted by Gasteiger charge is -2.04. The Morgan fingerprint density at radius 3 is 2.80 bits per heavy atom. The average Bonchev–Trinajstić information content (AvgIpc) is 2.63. The van der Waals surface area contributed by atoms with Crippen molar-refractivity contribution >= 4 is 21.6 Å². The average molecular weight is 252 g/mol. The van der Waals surface area contributed by atoms with E-state index in [1.54, 1.807) is 11.5 Å². The molecule has 0 aliphatic carbocycles. The van der Waals surface area contributed by atoms with E-state index in [9.17, 15) is 8.42 Å². The number of hydrogen-bond acceptors (Lipinski definition) is 3. The van der Waals surface area contributed by atoms with Crippen LogP contribution in [-0.4, -0.2) is 29.9 Å². The molecule has 1 aromatic heterocycles. The van der Waals surface area contributed by atoms with E-state index in [1.165, 1.54) is 12.5 Å². The van der Waals surface area contributed by atoms with Crippen molar-refractivity contribution in [3.05, 3.63) is 12.5 Å². The zero-order valence-corrected chi connectivity index (χ0v) is 10.2. The monoisotopic (exact) mass is 251 g/mol. The largest absolute Gasteiger partial charge is 0.336 e. The van der Waals surface area contributed by atoms with Gasteiger partial charge in [-0.3, -0.25) is 0 Å². The van der Waals surface area contributed by atoms with Crippen molar-refractivity contribution in [1.29, 1.82) is 0 Å². The molecule has 0 aliphatic heterocycles. The molecule has 0 spiro atoms. The van der Waals surface area contributed by atoms with Crippen molar-refractivity contribution in [2.24, 2.45) is 0 Å². The molecule has 0 saturated heterocycles. The smallest absolute Gasteiger partial charge is 0.259 e. The van der Waals surface area contributed by atoms with Crippen molar-refractivity contribution in [3.8, 4) is 0 Å². The lowest BCUT2D eigenvalue weighted by molar-refractivity contribution is 0.577. The molecular weight excluding hydrogens is 238 g/mol. The highest BCUT2D eigenvalue weighted by Gasteiger charge is 2.17. The van der Waals surface area contributed by atoms with Gasteiger partial charge in [-0.2, -0.15) is 0 Å². The molecule has 0 aromatic carbocycles. The van der Waals surface area contributed by atoms with E-state index < -0.39 is 10.0 Å². The third-order valence-corrected chi connectivity index (χ3v) is 3.27. The summed E-state index contributed by atoms with van der Waals surface area (Å²) >= 11 is 5.65. The minimum Gasteiger partial charge on any atom is -0.336 e. The van der Waals surface area contributed by atoms with Gasteiger partial charge in [-0.05, 0) is 13.8 Å². The second-order valence-electron chi connectivity index (χ2n) is 3.18. The molecule has 1 aromatic rings. The highest BCUT2D eigenvalue weighted by Crippen LogP contribution is 2.05. The topological polar surface area (TPSA) is 64.0 Å². The Morgan fingerprint density at radius 1 is 1.67 bits per heavy atom. The van der Waals surface area contributed by atoms with Gasteiger partial charge in [-0.15, -0.1) is 11.6 Å². The predicted molar refractivity (Wildman–Crippen MR) is 58.4 cm³/mol. The lowest BCUT2D eigenvalue weighted by Crippen LogP contribution is -2.28. The van der Waals surface area contributed by atoms with Gasteiger partial charge < -0.3 is 4.57 Å². The number of alkyl halides is 1. The Hall–Kier alpha value is -0.590. The second-order valence-corrected chi connectivity index (χ2v) is 5.63. The molecule has 0 radical (unpaired) electrons. The first-order valence-corrected chi connectivity index (χ1v) is 6.53. The standard InChI is InChI=1S/C8H14ClN3O2S/c1-3-12-5-8(10-6-12)15(13,14)11-4-7(2)9/h5-7,11H,3-4H2,1-2H3. The maximum atomic E-state index is 11.6. The molecule has 7 heteroatoms. The molecule has 1 atom stereocenters. The number of nitrogens with one attached hydrogen (secondary N) is 1. The van der Waals surface area contributed by atoms with Crippen molar-refractivity contribution in [3.63, 3.8) is 0 Å². The second kappa shape index (κ2) is 4.96. The molecule has 0 fully saturated rings. The number of hydrogen-bond donors (Lipinski definition) is 1. The molecule has 1 unspecified atom stereocenters. The van der Waals surface area contributed by atoms with Crippen LogP contribution in [0.15, 0.2) is 17.6 Å². The summed E-state index contributed by atoms with van der Waals surface area (Å²) in [5, 5.41) is -0.213. The Bertz CT molecular complexity index is 413. The number of halogens is 1. The van der Waals surface area contributed by atoms with Crippen LogP contribution in [0.2, 0.25) is 0 Å². The number of aromatic nitrogens is 2. The first-order chi connectivity index (χ1) is 6.95. The van der Waals surface area contributed by atoms with Crippen LogP contribution in [-0.2, 0) is 16.6 Å². The van der Waals surface area contributed by atoms with Gasteiger partial charge in [-0.25, -0.2) is 18.1 Å². The van der Waals surface area contributed by atoms with Crippen LogP contribution >= 0.6 is 11.6 Å². The van der Waals surface area contributed by atoms with Crippen molar-refractivity contribution < 1.29 is 8.42 Å². The number of sulfonamides is 1. The third kappa shape index (κ3) is 3.48. The first kappa shape index (κ1) is 12.5. The summed E-state index contributed by atoms with van der Waals surface area (Å²) in [7, 11) is -3.51. The van der Waals surface area contributed by atoms with Crippen LogP contribution in [0.1, 0.15) is 13.8 Å². The van der Waals surface area contributed by atoms with Gasteiger partial charge in [0.05, 0.1) is 6.33 Å². The quantitative estimate of drug-likeness (QED) is 0.788. The summed E-state index contributed by atoms with van der Waals surface area (Å²) in [6.45, 7) is 4.51. The highest BCUT2D eigenvalue weighted by molar-refractivity contribution is 7.89. The fourth-order valence-electron chi connectivity index (χ4n) is 0.950. The number of imidazole rings is 1. The van der Waals surface area contributed by atoms with Gasteiger partial charge in [0, 0.05) is 24.7 Å². The van der Waals surface area contributed by atoms with Gasteiger partial charge in [0.2, 0.25) is 0 Å². The molecular formula is C8H14ClN3O2S. The highest BCUT2D eigenvalue weighted by atomic mass is 35.5. The summed E-state index contributed by atoms with van der Waals surface area (Å²) < 4.78 is 27.3. The van der Waals surface area contributed by atoms with Crippen LogP contribution < -0.4 is 4.72 Å². The number of nitrogens with zero attached hydrogens (tertiary/aromatic N) is 2. The predicted octanol–water partition coefficient (Wildman–Crippen LogP) is 0.809. The van der Waals surface area contributed by atoms with Crippen LogP contribution in [0.4, 0.5) is 0 Å². The van der Waals surface area contributed by atoms with Crippen LogP contribution in [0.3, 0.4) is 0 Å². The third-order valence-electron chi connectivity index (χ3n) is 1.80. The summed E-state index contributed by atoms with van der Waals surface area (Å²) in [4.78, 5) is 3.81. The van der Waals surface area contributed by atoms with E-state index in [4.69, 9.17) is 11.6 Å². The van der Waals surface area contributed by atoms with E-state index in [1.807, 2.05) is 6.92 Å². The molecule has 5 nitrogen and oxygen atoms in total. The summed E-state index contributed by atoms with van der Waals surface area (Å²) in [6.07, 6.45) is 2.97. The van der Waals surface area contributed by atoms with E-state index in [0.717, 1.165) is 0 Å². The maximum absolute atomic E-state index is 11.6. The molecule has 1 N–H and O–H groups in total. The molecule has 0 bridgehead atoms. The maximum Gasteiger partial charge on any atom is 0.259 e. The molecule has 0 amide bonds. The van der Waals surface area contributed by atoms with Crippen LogP contribution in [0.5, 0.6) is 0 Å². The van der Waals surface area contributed by atoms with Gasteiger partial charge >= 0.3 is 0 Å². The molecule has 1 heterocycles. The zero-order valence-electron chi connectivity index (χ0n) is 8.64. The molecule has 15 heavy (non-hydrogen) atoms.